The zero-order valence-corrected chi connectivity index (χ0v) is 12.1. The van der Waals surface area contributed by atoms with Gasteiger partial charge in [-0.15, -0.1) is 0 Å². The van der Waals surface area contributed by atoms with Crippen LogP contribution in [0.3, 0.4) is 0 Å². The number of hydrogen-bond acceptors (Lipinski definition) is 4. The van der Waals surface area contributed by atoms with Crippen LogP contribution in [0.1, 0.15) is 23.6 Å². The van der Waals surface area contributed by atoms with E-state index in [4.69, 9.17) is 4.74 Å². The molecular weight excluding hydrogens is 280 g/mol. The van der Waals surface area contributed by atoms with E-state index in [2.05, 4.69) is 5.10 Å². The molecule has 1 fully saturated rings. The molecule has 0 spiro atoms. The number of phenols is 1. The molecule has 1 aliphatic heterocycles. The van der Waals surface area contributed by atoms with Crippen molar-refractivity contribution in [1.82, 2.24) is 5.01 Å². The topological polar surface area (TPSA) is 62.1 Å². The minimum Gasteiger partial charge on any atom is -0.504 e. The van der Waals surface area contributed by atoms with E-state index in [0.717, 1.165) is 5.56 Å². The quantitative estimate of drug-likeness (QED) is 0.697. The third-order valence-electron chi connectivity index (χ3n) is 3.64. The van der Waals surface area contributed by atoms with Gasteiger partial charge in [-0.05, 0) is 29.3 Å². The molecule has 0 bridgehead atoms. The second-order valence-electron chi connectivity index (χ2n) is 5.04. The first kappa shape index (κ1) is 14.1. The lowest BCUT2D eigenvalue weighted by atomic mass is 9.96. The van der Waals surface area contributed by atoms with Gasteiger partial charge in [0, 0.05) is 0 Å². The average Bonchev–Trinajstić information content (AvgIpc) is 2.53. The highest BCUT2D eigenvalue weighted by molar-refractivity contribution is 5.86. The normalized spacial score (nSPS) is 17.6. The van der Waals surface area contributed by atoms with Gasteiger partial charge in [-0.25, -0.2) is 5.01 Å². The number of benzene rings is 2. The number of ether oxygens (including phenoxy) is 1. The molecule has 0 aliphatic carbocycles. The number of hydrazone groups is 1. The number of nitrogens with zero attached hydrogens (tertiary/aromatic N) is 2. The first-order chi connectivity index (χ1) is 10.7. The summed E-state index contributed by atoms with van der Waals surface area (Å²) in [5.41, 5.74) is 1.77. The van der Waals surface area contributed by atoms with Gasteiger partial charge in [-0.1, -0.05) is 30.3 Å². The Kier molecular flexibility index (Phi) is 3.78. The number of amides is 1. The van der Waals surface area contributed by atoms with Gasteiger partial charge in [0.15, 0.2) is 11.5 Å². The number of β-lactam (4-membered cyclic amide) rings is 1. The molecule has 1 atom stereocenters. The Hall–Kier alpha value is -2.82. The van der Waals surface area contributed by atoms with Crippen molar-refractivity contribution in [2.24, 2.45) is 5.10 Å². The third-order valence-corrected chi connectivity index (χ3v) is 3.64. The smallest absolute Gasteiger partial charge is 0.245 e. The molecule has 0 saturated carbocycles. The summed E-state index contributed by atoms with van der Waals surface area (Å²) in [5, 5.41) is 15.5. The summed E-state index contributed by atoms with van der Waals surface area (Å²) >= 11 is 0. The molecule has 5 nitrogen and oxygen atoms in total. The molecule has 112 valence electrons. The van der Waals surface area contributed by atoms with Gasteiger partial charge in [0.1, 0.15) is 0 Å². The van der Waals surface area contributed by atoms with E-state index in [1.165, 1.54) is 12.1 Å². The molecule has 1 aliphatic rings. The predicted octanol–water partition coefficient (Wildman–Crippen LogP) is 2.71. The van der Waals surface area contributed by atoms with Gasteiger partial charge in [-0.3, -0.25) is 4.79 Å². The SMILES string of the molecule is COc1ccc(/C=N\N2C(=O)C[C@@H]2c2ccccc2)cc1O. The van der Waals surface area contributed by atoms with E-state index < -0.39 is 0 Å². The van der Waals surface area contributed by atoms with Gasteiger partial charge >= 0.3 is 0 Å². The van der Waals surface area contributed by atoms with Crippen LogP contribution in [-0.2, 0) is 4.79 Å². The van der Waals surface area contributed by atoms with E-state index in [-0.39, 0.29) is 17.7 Å². The van der Waals surface area contributed by atoms with Crippen molar-refractivity contribution in [2.75, 3.05) is 7.11 Å². The van der Waals surface area contributed by atoms with Crippen LogP contribution in [0.5, 0.6) is 11.5 Å². The predicted molar refractivity (Wildman–Crippen MR) is 82.9 cm³/mol. The van der Waals surface area contributed by atoms with E-state index in [1.54, 1.807) is 24.4 Å². The Labute approximate surface area is 128 Å². The molecule has 1 N–H and O–H groups in total. The van der Waals surface area contributed by atoms with Gasteiger partial charge in [0.05, 0.1) is 25.8 Å². The summed E-state index contributed by atoms with van der Waals surface area (Å²) in [6.45, 7) is 0. The van der Waals surface area contributed by atoms with Crippen molar-refractivity contribution in [3.63, 3.8) is 0 Å². The molecule has 2 aromatic rings. The number of phenolic OH excluding ortho intramolecular Hbond substituents is 1. The number of carbonyl (C=O) groups excluding carboxylic acids is 1. The Balaban J connectivity index is 1.76. The molecule has 1 heterocycles. The van der Waals surface area contributed by atoms with Gasteiger partial charge in [0.2, 0.25) is 5.91 Å². The second kappa shape index (κ2) is 5.89. The summed E-state index contributed by atoms with van der Waals surface area (Å²) < 4.78 is 4.99. The summed E-state index contributed by atoms with van der Waals surface area (Å²) in [4.78, 5) is 11.7. The highest BCUT2D eigenvalue weighted by atomic mass is 16.5. The molecule has 3 rings (SSSR count). The molecule has 2 aromatic carbocycles. The van der Waals surface area contributed by atoms with Crippen molar-refractivity contribution in [2.45, 2.75) is 12.5 Å². The standard InChI is InChI=1S/C17H16N2O3/c1-22-16-8-7-12(9-15(16)20)11-18-19-14(10-17(19)21)13-5-3-2-4-6-13/h2-9,11,14,20H,10H2,1H3/b18-11-/t14-/m1/s1. The van der Waals surface area contributed by atoms with Crippen molar-refractivity contribution in [3.8, 4) is 11.5 Å². The van der Waals surface area contributed by atoms with Crippen molar-refractivity contribution >= 4 is 12.1 Å². The van der Waals surface area contributed by atoms with Gasteiger partial charge < -0.3 is 9.84 Å². The average molecular weight is 296 g/mol. The van der Waals surface area contributed by atoms with E-state index >= 15 is 0 Å². The molecule has 1 amide bonds. The lowest BCUT2D eigenvalue weighted by Crippen LogP contribution is -2.42. The molecule has 22 heavy (non-hydrogen) atoms. The fraction of sp³-hybridized carbons (Fsp3) is 0.176. The van der Waals surface area contributed by atoms with Crippen LogP contribution in [0, 0.1) is 0 Å². The summed E-state index contributed by atoms with van der Waals surface area (Å²) in [7, 11) is 1.49. The number of carbonyl (C=O) groups is 1. The lowest BCUT2D eigenvalue weighted by Gasteiger charge is -2.36. The zero-order chi connectivity index (χ0) is 15.5. The Bertz CT molecular complexity index is 713. The minimum atomic E-state index is -0.0169. The van der Waals surface area contributed by atoms with E-state index in [1.807, 2.05) is 30.3 Å². The molecular formula is C17H16N2O3. The van der Waals surface area contributed by atoms with Crippen LogP contribution in [0.25, 0.3) is 0 Å². The van der Waals surface area contributed by atoms with Crippen LogP contribution >= 0.6 is 0 Å². The van der Waals surface area contributed by atoms with Gasteiger partial charge in [-0.2, -0.15) is 5.10 Å². The minimum absolute atomic E-state index is 0.0113. The molecule has 5 heteroatoms. The van der Waals surface area contributed by atoms with Crippen LogP contribution in [0.15, 0.2) is 53.6 Å². The van der Waals surface area contributed by atoms with Crippen LogP contribution in [0.2, 0.25) is 0 Å². The highest BCUT2D eigenvalue weighted by Crippen LogP contribution is 2.34. The van der Waals surface area contributed by atoms with Crippen LogP contribution < -0.4 is 4.74 Å². The maximum absolute atomic E-state index is 11.7. The Morgan fingerprint density at radius 3 is 2.68 bits per heavy atom. The third kappa shape index (κ3) is 2.65. The number of hydrogen-bond donors (Lipinski definition) is 1. The van der Waals surface area contributed by atoms with Crippen molar-refractivity contribution < 1.29 is 14.6 Å². The molecule has 1 saturated heterocycles. The lowest BCUT2D eigenvalue weighted by molar-refractivity contribution is -0.146. The zero-order valence-electron chi connectivity index (χ0n) is 12.1. The molecule has 0 unspecified atom stereocenters. The molecule has 0 radical (unpaired) electrons. The Morgan fingerprint density at radius 1 is 1.27 bits per heavy atom. The second-order valence-corrected chi connectivity index (χ2v) is 5.04. The number of aromatic hydroxyl groups is 1. The first-order valence-corrected chi connectivity index (χ1v) is 6.97. The molecule has 0 aromatic heterocycles. The number of rotatable bonds is 4. The summed E-state index contributed by atoms with van der Waals surface area (Å²) in [5.74, 6) is 0.433. The fourth-order valence-electron chi connectivity index (χ4n) is 2.40. The first-order valence-electron chi connectivity index (χ1n) is 6.97. The monoisotopic (exact) mass is 296 g/mol. The maximum Gasteiger partial charge on any atom is 0.245 e. The van der Waals surface area contributed by atoms with Crippen LogP contribution in [-0.4, -0.2) is 29.3 Å². The van der Waals surface area contributed by atoms with Crippen LogP contribution in [0.4, 0.5) is 0 Å². The maximum atomic E-state index is 11.7. The largest absolute Gasteiger partial charge is 0.504 e. The fourth-order valence-corrected chi connectivity index (χ4v) is 2.40. The van der Waals surface area contributed by atoms with Crippen molar-refractivity contribution in [3.05, 3.63) is 59.7 Å². The Morgan fingerprint density at radius 2 is 2.05 bits per heavy atom. The summed E-state index contributed by atoms with van der Waals surface area (Å²) in [6, 6.07) is 14.8. The van der Waals surface area contributed by atoms with E-state index in [9.17, 15) is 9.90 Å². The summed E-state index contributed by atoms with van der Waals surface area (Å²) in [6.07, 6.45) is 2.03. The van der Waals surface area contributed by atoms with Crippen molar-refractivity contribution in [1.29, 1.82) is 0 Å². The number of methoxy groups -OCH3 is 1. The highest BCUT2D eigenvalue weighted by Gasteiger charge is 2.37. The van der Waals surface area contributed by atoms with Gasteiger partial charge in [0.25, 0.3) is 0 Å². The van der Waals surface area contributed by atoms with E-state index in [0.29, 0.717) is 17.7 Å².